The summed E-state index contributed by atoms with van der Waals surface area (Å²) in [4.78, 5) is 13.3. The molecule has 3 heteroatoms. The molecule has 1 aromatic carbocycles. The summed E-state index contributed by atoms with van der Waals surface area (Å²) >= 11 is 1.79. The molecule has 0 spiro atoms. The van der Waals surface area contributed by atoms with Crippen molar-refractivity contribution in [1.82, 2.24) is 0 Å². The van der Waals surface area contributed by atoms with E-state index < -0.39 is 5.41 Å². The Morgan fingerprint density at radius 2 is 1.94 bits per heavy atom. The van der Waals surface area contributed by atoms with Crippen LogP contribution in [0.25, 0.3) is 0 Å². The second-order valence-electron chi connectivity index (χ2n) is 4.96. The maximum absolute atomic E-state index is 12.1. The van der Waals surface area contributed by atoms with Gasteiger partial charge in [-0.15, -0.1) is 11.8 Å². The van der Waals surface area contributed by atoms with Crippen LogP contribution in [0.15, 0.2) is 29.2 Å². The molecule has 0 aliphatic heterocycles. The molecule has 0 heterocycles. The summed E-state index contributed by atoms with van der Waals surface area (Å²) in [6.45, 7) is 4.28. The zero-order valence-electron chi connectivity index (χ0n) is 10.3. The van der Waals surface area contributed by atoms with Crippen LogP contribution in [-0.2, 0) is 0 Å². The van der Waals surface area contributed by atoms with Gasteiger partial charge in [0, 0.05) is 15.7 Å². The van der Waals surface area contributed by atoms with E-state index in [1.807, 2.05) is 24.3 Å². The smallest absolute Gasteiger partial charge is 0.171 e. The summed E-state index contributed by atoms with van der Waals surface area (Å²) in [5.74, 6) is 0.0982. The first-order valence-electron chi connectivity index (χ1n) is 6.00. The topological polar surface area (TPSA) is 37.3 Å². The van der Waals surface area contributed by atoms with Crippen molar-refractivity contribution in [2.45, 2.75) is 36.8 Å². The fraction of sp³-hybridized carbons (Fsp3) is 0.500. The Bertz CT molecular complexity index is 405. The third-order valence-corrected chi connectivity index (χ3v) is 4.14. The van der Waals surface area contributed by atoms with E-state index in [4.69, 9.17) is 0 Å². The molecule has 0 unspecified atom stereocenters. The number of thioether (sulfide) groups is 1. The van der Waals surface area contributed by atoms with E-state index in [0.29, 0.717) is 5.25 Å². The molecule has 2 nitrogen and oxygen atoms in total. The van der Waals surface area contributed by atoms with Crippen LogP contribution in [0, 0.1) is 5.41 Å². The first-order chi connectivity index (χ1) is 8.07. The van der Waals surface area contributed by atoms with E-state index in [2.05, 4.69) is 13.8 Å². The fourth-order valence-electron chi connectivity index (χ4n) is 1.87. The largest absolute Gasteiger partial charge is 0.395 e. The Kier molecular flexibility index (Phi) is 3.59. The molecular weight excluding hydrogens is 232 g/mol. The highest BCUT2D eigenvalue weighted by Gasteiger charge is 2.49. The molecule has 2 rings (SSSR count). The van der Waals surface area contributed by atoms with Gasteiger partial charge in [-0.1, -0.05) is 26.0 Å². The molecular formula is C14H18O2S. The summed E-state index contributed by atoms with van der Waals surface area (Å²) in [5, 5.41) is 9.78. The number of aliphatic hydroxyl groups is 1. The molecule has 17 heavy (non-hydrogen) atoms. The lowest BCUT2D eigenvalue weighted by molar-refractivity contribution is 0.0829. The van der Waals surface area contributed by atoms with Gasteiger partial charge in [0.15, 0.2) is 5.78 Å². The van der Waals surface area contributed by atoms with Crippen LogP contribution in [0.2, 0.25) is 0 Å². The Morgan fingerprint density at radius 3 is 2.35 bits per heavy atom. The SMILES string of the molecule is CC(C)Sc1ccc(C(=O)C2(CO)CC2)cc1. The Balaban J connectivity index is 2.10. The molecule has 0 saturated heterocycles. The second kappa shape index (κ2) is 4.83. The lowest BCUT2D eigenvalue weighted by Gasteiger charge is -2.11. The molecule has 1 aromatic rings. The number of benzene rings is 1. The number of hydrogen-bond donors (Lipinski definition) is 1. The lowest BCUT2D eigenvalue weighted by Crippen LogP contribution is -2.19. The monoisotopic (exact) mass is 250 g/mol. The Morgan fingerprint density at radius 1 is 1.35 bits per heavy atom. The van der Waals surface area contributed by atoms with Gasteiger partial charge in [-0.3, -0.25) is 4.79 Å². The van der Waals surface area contributed by atoms with Crippen LogP contribution in [0.3, 0.4) is 0 Å². The highest BCUT2D eigenvalue weighted by Crippen LogP contribution is 2.47. The van der Waals surface area contributed by atoms with Crippen LogP contribution in [-0.4, -0.2) is 22.7 Å². The van der Waals surface area contributed by atoms with Crippen LogP contribution < -0.4 is 0 Å². The third-order valence-electron chi connectivity index (χ3n) is 3.13. The predicted octanol–water partition coefficient (Wildman–Crippen LogP) is 3.14. The first kappa shape index (κ1) is 12.7. The van der Waals surface area contributed by atoms with E-state index in [0.717, 1.165) is 18.4 Å². The van der Waals surface area contributed by atoms with E-state index in [9.17, 15) is 9.90 Å². The van der Waals surface area contributed by atoms with Gasteiger partial charge in [0.1, 0.15) is 0 Å². The summed E-state index contributed by atoms with van der Waals surface area (Å²) in [6.07, 6.45) is 1.65. The van der Waals surface area contributed by atoms with E-state index >= 15 is 0 Å². The molecule has 0 bridgehead atoms. The van der Waals surface area contributed by atoms with Gasteiger partial charge >= 0.3 is 0 Å². The van der Waals surface area contributed by atoms with Crippen molar-refractivity contribution < 1.29 is 9.90 Å². The predicted molar refractivity (Wildman–Crippen MR) is 70.5 cm³/mol. The van der Waals surface area contributed by atoms with Crippen LogP contribution in [0.5, 0.6) is 0 Å². The maximum atomic E-state index is 12.1. The minimum atomic E-state index is -0.452. The van der Waals surface area contributed by atoms with Gasteiger partial charge in [0.05, 0.1) is 12.0 Å². The van der Waals surface area contributed by atoms with Crippen molar-refractivity contribution >= 4 is 17.5 Å². The van der Waals surface area contributed by atoms with Gasteiger partial charge < -0.3 is 5.11 Å². The fourth-order valence-corrected chi connectivity index (χ4v) is 2.71. The minimum absolute atomic E-state index is 0.0195. The minimum Gasteiger partial charge on any atom is -0.395 e. The van der Waals surface area contributed by atoms with Gasteiger partial charge in [-0.05, 0) is 25.0 Å². The van der Waals surface area contributed by atoms with Gasteiger partial charge in [-0.2, -0.15) is 0 Å². The normalized spacial score (nSPS) is 17.2. The summed E-state index contributed by atoms with van der Waals surface area (Å²) in [7, 11) is 0. The van der Waals surface area contributed by atoms with E-state index in [1.54, 1.807) is 11.8 Å². The number of ketones is 1. The summed E-state index contributed by atoms with van der Waals surface area (Å²) < 4.78 is 0. The van der Waals surface area contributed by atoms with Crippen molar-refractivity contribution in [3.63, 3.8) is 0 Å². The molecule has 92 valence electrons. The van der Waals surface area contributed by atoms with Crippen LogP contribution in [0.4, 0.5) is 0 Å². The average molecular weight is 250 g/mol. The molecule has 0 amide bonds. The van der Waals surface area contributed by atoms with Crippen molar-refractivity contribution in [1.29, 1.82) is 0 Å². The number of rotatable bonds is 5. The van der Waals surface area contributed by atoms with Gasteiger partial charge in [0.25, 0.3) is 0 Å². The summed E-state index contributed by atoms with van der Waals surface area (Å²) in [6, 6.07) is 7.74. The standard InChI is InChI=1S/C14H18O2S/c1-10(2)17-12-5-3-11(4-6-12)13(16)14(9-15)7-8-14/h3-6,10,15H,7-9H2,1-2H3. The van der Waals surface area contributed by atoms with Crippen LogP contribution in [0.1, 0.15) is 37.0 Å². The highest BCUT2D eigenvalue weighted by atomic mass is 32.2. The van der Waals surface area contributed by atoms with Crippen molar-refractivity contribution in [3.8, 4) is 0 Å². The zero-order valence-corrected chi connectivity index (χ0v) is 11.1. The first-order valence-corrected chi connectivity index (χ1v) is 6.88. The third kappa shape index (κ3) is 2.72. The van der Waals surface area contributed by atoms with Gasteiger partial charge in [-0.25, -0.2) is 0 Å². The van der Waals surface area contributed by atoms with E-state index in [-0.39, 0.29) is 12.4 Å². The molecule has 1 N–H and O–H groups in total. The molecule has 1 aliphatic rings. The second-order valence-corrected chi connectivity index (χ2v) is 6.61. The quantitative estimate of drug-likeness (QED) is 0.644. The molecule has 0 radical (unpaired) electrons. The van der Waals surface area contributed by atoms with Gasteiger partial charge in [0.2, 0.25) is 0 Å². The molecule has 0 aromatic heterocycles. The van der Waals surface area contributed by atoms with Crippen molar-refractivity contribution in [2.24, 2.45) is 5.41 Å². The number of Topliss-reactive ketones (excluding diaryl/α,β-unsaturated/α-hetero) is 1. The van der Waals surface area contributed by atoms with Crippen molar-refractivity contribution in [3.05, 3.63) is 29.8 Å². The number of aliphatic hydroxyl groups excluding tert-OH is 1. The highest BCUT2D eigenvalue weighted by molar-refractivity contribution is 7.99. The van der Waals surface area contributed by atoms with Crippen molar-refractivity contribution in [2.75, 3.05) is 6.61 Å². The Labute approximate surface area is 106 Å². The number of carbonyl (C=O) groups excluding carboxylic acids is 1. The molecule has 1 saturated carbocycles. The zero-order chi connectivity index (χ0) is 12.5. The van der Waals surface area contributed by atoms with Crippen LogP contribution >= 0.6 is 11.8 Å². The molecule has 1 fully saturated rings. The Hall–Kier alpha value is -0.800. The summed E-state index contributed by atoms with van der Waals surface area (Å²) in [5.41, 5.74) is 0.275. The number of carbonyl (C=O) groups is 1. The average Bonchev–Trinajstić information content (AvgIpc) is 3.09. The lowest BCUT2D eigenvalue weighted by atomic mass is 9.96. The number of hydrogen-bond acceptors (Lipinski definition) is 3. The van der Waals surface area contributed by atoms with E-state index in [1.165, 1.54) is 4.90 Å². The maximum Gasteiger partial charge on any atom is 0.171 e. The molecule has 0 atom stereocenters. The molecule has 1 aliphatic carbocycles.